The van der Waals surface area contributed by atoms with Crippen LogP contribution in [0.2, 0.25) is 0 Å². The van der Waals surface area contributed by atoms with Gasteiger partial charge in [-0.2, -0.15) is 4.98 Å². The number of hydrogen-bond donors (Lipinski definition) is 1. The molecule has 1 N–H and O–H groups in total. The van der Waals surface area contributed by atoms with Gasteiger partial charge in [0.1, 0.15) is 5.60 Å². The van der Waals surface area contributed by atoms with Crippen molar-refractivity contribution in [2.75, 3.05) is 12.9 Å². The van der Waals surface area contributed by atoms with E-state index in [-0.39, 0.29) is 5.75 Å². The normalized spacial score (nSPS) is 18.1. The van der Waals surface area contributed by atoms with Crippen LogP contribution in [0, 0.1) is 0 Å². The van der Waals surface area contributed by atoms with Gasteiger partial charge < -0.3 is 14.4 Å². The van der Waals surface area contributed by atoms with E-state index in [0.29, 0.717) is 17.5 Å². The Kier molecular flexibility index (Phi) is 4.23. The second-order valence-corrected chi connectivity index (χ2v) is 5.29. The maximum atomic E-state index is 10.4. The standard InChI is InChI=1S/C11H16N2O4S/c1-16-11(4-2-3-5-11)10-12-8(17-13-10)6-18-7-9(14)15/h2-7H2,1H3,(H,14,15). The molecule has 1 fully saturated rings. The van der Waals surface area contributed by atoms with Gasteiger partial charge in [0.15, 0.2) is 0 Å². The van der Waals surface area contributed by atoms with Gasteiger partial charge in [0.05, 0.1) is 11.5 Å². The summed E-state index contributed by atoms with van der Waals surface area (Å²) < 4.78 is 10.7. The van der Waals surface area contributed by atoms with Gasteiger partial charge in [-0.15, -0.1) is 11.8 Å². The first-order valence-corrected chi connectivity index (χ1v) is 6.99. The van der Waals surface area contributed by atoms with Crippen LogP contribution in [-0.2, 0) is 20.9 Å². The quantitative estimate of drug-likeness (QED) is 0.845. The Morgan fingerprint density at radius 3 is 2.89 bits per heavy atom. The van der Waals surface area contributed by atoms with Gasteiger partial charge in [-0.05, 0) is 25.7 Å². The second-order valence-electron chi connectivity index (χ2n) is 4.30. The number of carboxylic acid groups (broad SMARTS) is 1. The molecule has 0 unspecified atom stereocenters. The minimum absolute atomic E-state index is 0.0349. The summed E-state index contributed by atoms with van der Waals surface area (Å²) in [6.07, 6.45) is 4.02. The van der Waals surface area contributed by atoms with Crippen molar-refractivity contribution in [3.05, 3.63) is 11.7 Å². The Morgan fingerprint density at radius 2 is 2.28 bits per heavy atom. The average molecular weight is 272 g/mol. The largest absolute Gasteiger partial charge is 0.481 e. The van der Waals surface area contributed by atoms with Gasteiger partial charge in [0, 0.05) is 7.11 Å². The number of thioether (sulfide) groups is 1. The van der Waals surface area contributed by atoms with Gasteiger partial charge >= 0.3 is 5.97 Å². The Labute approximate surface area is 109 Å². The number of rotatable bonds is 6. The fourth-order valence-electron chi connectivity index (χ4n) is 2.19. The Bertz CT molecular complexity index is 415. The van der Waals surface area contributed by atoms with Crippen LogP contribution in [0.1, 0.15) is 37.4 Å². The number of carbonyl (C=O) groups is 1. The number of aromatic nitrogens is 2. The Hall–Kier alpha value is -1.08. The molecular formula is C11H16N2O4S. The smallest absolute Gasteiger partial charge is 0.313 e. The average Bonchev–Trinajstić information content (AvgIpc) is 2.97. The summed E-state index contributed by atoms with van der Waals surface area (Å²) in [5.41, 5.74) is -0.404. The third kappa shape index (κ3) is 2.84. The van der Waals surface area contributed by atoms with Crippen molar-refractivity contribution in [2.24, 2.45) is 0 Å². The molecule has 0 saturated heterocycles. The molecule has 0 radical (unpaired) electrons. The molecule has 1 aliphatic carbocycles. The summed E-state index contributed by atoms with van der Waals surface area (Å²) in [5, 5.41) is 12.5. The van der Waals surface area contributed by atoms with Crippen LogP contribution in [-0.4, -0.2) is 34.1 Å². The van der Waals surface area contributed by atoms with E-state index >= 15 is 0 Å². The lowest BCUT2D eigenvalue weighted by atomic mass is 10.0. The minimum Gasteiger partial charge on any atom is -0.481 e. The van der Waals surface area contributed by atoms with Crippen LogP contribution >= 0.6 is 11.8 Å². The number of aliphatic carboxylic acids is 1. The molecule has 1 aromatic heterocycles. The summed E-state index contributed by atoms with van der Waals surface area (Å²) >= 11 is 1.24. The van der Waals surface area contributed by atoms with E-state index in [4.69, 9.17) is 14.4 Å². The molecule has 0 atom stereocenters. The Morgan fingerprint density at radius 1 is 1.56 bits per heavy atom. The van der Waals surface area contributed by atoms with Gasteiger partial charge in [-0.25, -0.2) is 0 Å². The highest BCUT2D eigenvalue weighted by Gasteiger charge is 2.40. The first-order valence-electron chi connectivity index (χ1n) is 5.84. The van der Waals surface area contributed by atoms with Crippen LogP contribution < -0.4 is 0 Å². The van der Waals surface area contributed by atoms with Crippen molar-refractivity contribution in [3.8, 4) is 0 Å². The van der Waals surface area contributed by atoms with Gasteiger partial charge in [0.25, 0.3) is 0 Å². The van der Waals surface area contributed by atoms with Crippen molar-refractivity contribution in [1.29, 1.82) is 0 Å². The molecule has 1 saturated carbocycles. The molecule has 100 valence electrons. The lowest BCUT2D eigenvalue weighted by Crippen LogP contribution is -2.26. The first-order chi connectivity index (χ1) is 8.66. The van der Waals surface area contributed by atoms with E-state index in [1.165, 1.54) is 11.8 Å². The molecule has 0 aliphatic heterocycles. The summed E-state index contributed by atoms with van der Waals surface area (Å²) in [6.45, 7) is 0. The van der Waals surface area contributed by atoms with Crippen molar-refractivity contribution in [3.63, 3.8) is 0 Å². The van der Waals surface area contributed by atoms with Gasteiger partial charge in [-0.1, -0.05) is 5.16 Å². The van der Waals surface area contributed by atoms with E-state index in [2.05, 4.69) is 10.1 Å². The fraction of sp³-hybridized carbons (Fsp3) is 0.727. The molecule has 0 bridgehead atoms. The molecule has 1 heterocycles. The second kappa shape index (κ2) is 5.71. The third-order valence-electron chi connectivity index (χ3n) is 3.13. The number of carboxylic acids is 1. The van der Waals surface area contributed by atoms with Crippen molar-refractivity contribution in [1.82, 2.24) is 10.1 Å². The van der Waals surface area contributed by atoms with Gasteiger partial charge in [0.2, 0.25) is 11.7 Å². The predicted octanol–water partition coefficient (Wildman–Crippen LogP) is 1.80. The lowest BCUT2D eigenvalue weighted by molar-refractivity contribution is -0.133. The zero-order valence-electron chi connectivity index (χ0n) is 10.2. The monoisotopic (exact) mass is 272 g/mol. The molecular weight excluding hydrogens is 256 g/mol. The molecule has 0 aromatic carbocycles. The number of methoxy groups -OCH3 is 1. The maximum absolute atomic E-state index is 10.4. The number of nitrogens with zero attached hydrogens (tertiary/aromatic N) is 2. The van der Waals surface area contributed by atoms with Crippen molar-refractivity contribution < 1.29 is 19.2 Å². The Balaban J connectivity index is 1.98. The molecule has 7 heteroatoms. The van der Waals surface area contributed by atoms with Crippen LogP contribution in [0.15, 0.2) is 4.52 Å². The van der Waals surface area contributed by atoms with Crippen LogP contribution in [0.5, 0.6) is 0 Å². The first kappa shape index (κ1) is 13.4. The zero-order chi connectivity index (χ0) is 13.0. The van der Waals surface area contributed by atoms with E-state index in [1.807, 2.05) is 0 Å². The predicted molar refractivity (Wildman–Crippen MR) is 65.3 cm³/mol. The summed E-state index contributed by atoms with van der Waals surface area (Å²) in [4.78, 5) is 14.7. The molecule has 2 rings (SSSR count). The zero-order valence-corrected chi connectivity index (χ0v) is 11.0. The summed E-state index contributed by atoms with van der Waals surface area (Å²) in [6, 6.07) is 0. The third-order valence-corrected chi connectivity index (χ3v) is 4.03. The summed E-state index contributed by atoms with van der Waals surface area (Å²) in [7, 11) is 1.67. The molecule has 0 spiro atoms. The number of hydrogen-bond acceptors (Lipinski definition) is 6. The fourth-order valence-corrected chi connectivity index (χ4v) is 2.76. The molecule has 1 aliphatic rings. The summed E-state index contributed by atoms with van der Waals surface area (Å²) in [5.74, 6) is 0.656. The van der Waals surface area contributed by atoms with Crippen LogP contribution in [0.3, 0.4) is 0 Å². The molecule has 6 nitrogen and oxygen atoms in total. The van der Waals surface area contributed by atoms with E-state index in [9.17, 15) is 4.79 Å². The van der Waals surface area contributed by atoms with E-state index < -0.39 is 11.6 Å². The minimum atomic E-state index is -0.844. The molecule has 18 heavy (non-hydrogen) atoms. The molecule has 0 amide bonds. The highest BCUT2D eigenvalue weighted by atomic mass is 32.2. The highest BCUT2D eigenvalue weighted by molar-refractivity contribution is 7.99. The van der Waals surface area contributed by atoms with Crippen LogP contribution in [0.4, 0.5) is 0 Å². The number of ether oxygens (including phenoxy) is 1. The van der Waals surface area contributed by atoms with Crippen LogP contribution in [0.25, 0.3) is 0 Å². The SMILES string of the molecule is COC1(c2noc(CSCC(=O)O)n2)CCCC1. The topological polar surface area (TPSA) is 85.5 Å². The van der Waals surface area contributed by atoms with Crippen molar-refractivity contribution in [2.45, 2.75) is 37.0 Å². The van der Waals surface area contributed by atoms with Crippen molar-refractivity contribution >= 4 is 17.7 Å². The van der Waals surface area contributed by atoms with Gasteiger partial charge in [-0.3, -0.25) is 4.79 Å². The lowest BCUT2D eigenvalue weighted by Gasteiger charge is -2.22. The molecule has 1 aromatic rings. The highest BCUT2D eigenvalue weighted by Crippen LogP contribution is 2.40. The van der Waals surface area contributed by atoms with E-state index in [1.54, 1.807) is 7.11 Å². The maximum Gasteiger partial charge on any atom is 0.313 e. The van der Waals surface area contributed by atoms with E-state index in [0.717, 1.165) is 25.7 Å².